The van der Waals surface area contributed by atoms with E-state index in [1.807, 2.05) is 42.6 Å². The van der Waals surface area contributed by atoms with Gasteiger partial charge in [0.1, 0.15) is 0 Å². The Morgan fingerprint density at radius 1 is 1.05 bits per heavy atom. The molecular weight excluding hydrogens is 304 g/mol. The molecule has 0 radical (unpaired) electrons. The maximum atomic E-state index is 5.95. The van der Waals surface area contributed by atoms with Crippen LogP contribution >= 0.6 is 15.9 Å². The predicted molar refractivity (Wildman–Crippen MR) is 78.9 cm³/mol. The molecule has 0 amide bonds. The first-order valence-corrected chi connectivity index (χ1v) is 6.55. The highest BCUT2D eigenvalue weighted by molar-refractivity contribution is 9.10. The third kappa shape index (κ3) is 2.37. The fourth-order valence-electron chi connectivity index (χ4n) is 1.86. The van der Waals surface area contributed by atoms with E-state index in [1.54, 1.807) is 17.1 Å². The largest absolute Gasteiger partial charge is 0.396 e. The molecule has 3 aromatic rings. The molecule has 2 N–H and O–H groups in total. The minimum absolute atomic E-state index is 0.581. The molecular formula is C14H11BrN4. The minimum atomic E-state index is 0.581. The van der Waals surface area contributed by atoms with Crippen molar-refractivity contribution in [2.75, 3.05) is 5.73 Å². The first-order chi connectivity index (χ1) is 9.24. The van der Waals surface area contributed by atoms with E-state index in [4.69, 9.17) is 5.73 Å². The normalized spacial score (nSPS) is 10.6. The first-order valence-electron chi connectivity index (χ1n) is 5.75. The summed E-state index contributed by atoms with van der Waals surface area (Å²) in [5.74, 6) is 0.630. The number of pyridine rings is 1. The summed E-state index contributed by atoms with van der Waals surface area (Å²) in [6.07, 6.45) is 5.43. The lowest BCUT2D eigenvalue weighted by Gasteiger charge is -2.04. The van der Waals surface area contributed by atoms with Crippen molar-refractivity contribution in [2.45, 2.75) is 0 Å². The third-order valence-electron chi connectivity index (χ3n) is 2.77. The molecule has 3 rings (SSSR count). The number of benzene rings is 1. The van der Waals surface area contributed by atoms with E-state index in [0.29, 0.717) is 11.5 Å². The molecule has 0 saturated heterocycles. The predicted octanol–water partition coefficient (Wildman–Crippen LogP) is 3.28. The Morgan fingerprint density at radius 2 is 1.84 bits per heavy atom. The Morgan fingerprint density at radius 3 is 2.58 bits per heavy atom. The zero-order valence-electron chi connectivity index (χ0n) is 9.99. The minimum Gasteiger partial charge on any atom is -0.396 e. The van der Waals surface area contributed by atoms with Crippen LogP contribution < -0.4 is 5.73 Å². The van der Waals surface area contributed by atoms with E-state index >= 15 is 0 Å². The number of nitrogen functional groups attached to an aromatic ring is 1. The van der Waals surface area contributed by atoms with Crippen LogP contribution in [-0.4, -0.2) is 14.8 Å². The van der Waals surface area contributed by atoms with Gasteiger partial charge in [-0.05, 0) is 27.6 Å². The Labute approximate surface area is 119 Å². The average Bonchev–Trinajstić information content (AvgIpc) is 2.89. The number of nitrogens with zero attached hydrogens (tertiary/aromatic N) is 3. The van der Waals surface area contributed by atoms with Gasteiger partial charge in [0.25, 0.3) is 0 Å². The highest BCUT2D eigenvalue weighted by Gasteiger charge is 2.07. The maximum absolute atomic E-state index is 5.95. The summed E-state index contributed by atoms with van der Waals surface area (Å²) in [6, 6.07) is 11.9. The third-order valence-corrected chi connectivity index (χ3v) is 3.20. The summed E-state index contributed by atoms with van der Waals surface area (Å²) >= 11 is 3.34. The van der Waals surface area contributed by atoms with Crippen LogP contribution in [0.25, 0.3) is 16.9 Å². The van der Waals surface area contributed by atoms with Crippen molar-refractivity contribution >= 4 is 21.6 Å². The van der Waals surface area contributed by atoms with E-state index in [-0.39, 0.29) is 0 Å². The van der Waals surface area contributed by atoms with Gasteiger partial charge in [0.15, 0.2) is 5.82 Å². The van der Waals surface area contributed by atoms with Gasteiger partial charge in [0, 0.05) is 22.4 Å². The van der Waals surface area contributed by atoms with Gasteiger partial charge >= 0.3 is 0 Å². The Bertz CT molecular complexity index is 706. The zero-order chi connectivity index (χ0) is 13.2. The van der Waals surface area contributed by atoms with E-state index in [0.717, 1.165) is 15.6 Å². The maximum Gasteiger partial charge on any atom is 0.176 e. The molecule has 0 saturated carbocycles. The van der Waals surface area contributed by atoms with Crippen LogP contribution in [-0.2, 0) is 0 Å². The Balaban J connectivity index is 2.02. The number of halogens is 1. The molecule has 0 aliphatic carbocycles. The van der Waals surface area contributed by atoms with Gasteiger partial charge in [-0.1, -0.05) is 30.3 Å². The Hall–Kier alpha value is -2.14. The van der Waals surface area contributed by atoms with E-state index in [2.05, 4.69) is 26.0 Å². The summed E-state index contributed by atoms with van der Waals surface area (Å²) in [5.41, 5.74) is 8.68. The molecule has 0 spiro atoms. The Kier molecular flexibility index (Phi) is 3.05. The molecule has 0 unspecified atom stereocenters. The molecule has 0 fully saturated rings. The van der Waals surface area contributed by atoms with Crippen molar-refractivity contribution in [1.29, 1.82) is 0 Å². The summed E-state index contributed by atoms with van der Waals surface area (Å²) in [5, 5.41) is 4.31. The molecule has 0 aliphatic rings. The molecule has 94 valence electrons. The highest BCUT2D eigenvalue weighted by atomic mass is 79.9. The monoisotopic (exact) mass is 314 g/mol. The lowest BCUT2D eigenvalue weighted by Crippen LogP contribution is -2.02. The van der Waals surface area contributed by atoms with Crippen LogP contribution in [0, 0.1) is 0 Å². The van der Waals surface area contributed by atoms with E-state index in [1.165, 1.54) is 0 Å². The number of nitrogens with two attached hydrogens (primary N) is 1. The average molecular weight is 315 g/mol. The van der Waals surface area contributed by atoms with Gasteiger partial charge in [0.2, 0.25) is 0 Å². The fourth-order valence-corrected chi connectivity index (χ4v) is 2.21. The fraction of sp³-hybridized carbons (Fsp3) is 0. The zero-order valence-corrected chi connectivity index (χ0v) is 11.6. The molecule has 0 aliphatic heterocycles. The summed E-state index contributed by atoms with van der Waals surface area (Å²) < 4.78 is 2.54. The van der Waals surface area contributed by atoms with Gasteiger partial charge in [-0.3, -0.25) is 0 Å². The van der Waals surface area contributed by atoms with Crippen molar-refractivity contribution in [3.05, 3.63) is 59.5 Å². The SMILES string of the molecule is Nc1cc(Br)cnc1-n1cc(-c2ccccc2)cn1. The summed E-state index contributed by atoms with van der Waals surface area (Å²) in [6.45, 7) is 0. The quantitative estimate of drug-likeness (QED) is 0.789. The lowest BCUT2D eigenvalue weighted by atomic mass is 10.1. The second kappa shape index (κ2) is 4.85. The van der Waals surface area contributed by atoms with E-state index < -0.39 is 0 Å². The summed E-state index contributed by atoms with van der Waals surface area (Å²) in [4.78, 5) is 4.28. The van der Waals surface area contributed by atoms with Crippen LogP contribution in [0.2, 0.25) is 0 Å². The van der Waals surface area contributed by atoms with Crippen molar-refractivity contribution in [1.82, 2.24) is 14.8 Å². The number of aromatic nitrogens is 3. The lowest BCUT2D eigenvalue weighted by molar-refractivity contribution is 0.849. The van der Waals surface area contributed by atoms with Gasteiger partial charge in [0.05, 0.1) is 11.9 Å². The second-order valence-corrected chi connectivity index (χ2v) is 5.02. The van der Waals surface area contributed by atoms with Crippen LogP contribution in [0.3, 0.4) is 0 Å². The van der Waals surface area contributed by atoms with Crippen molar-refractivity contribution < 1.29 is 0 Å². The molecule has 19 heavy (non-hydrogen) atoms. The molecule has 4 nitrogen and oxygen atoms in total. The van der Waals surface area contributed by atoms with Gasteiger partial charge < -0.3 is 5.73 Å². The molecule has 2 heterocycles. The smallest absolute Gasteiger partial charge is 0.176 e. The van der Waals surface area contributed by atoms with Crippen LogP contribution in [0.1, 0.15) is 0 Å². The second-order valence-electron chi connectivity index (χ2n) is 4.11. The topological polar surface area (TPSA) is 56.7 Å². The molecule has 2 aromatic heterocycles. The van der Waals surface area contributed by atoms with Gasteiger partial charge in [-0.2, -0.15) is 5.10 Å². The molecule has 0 atom stereocenters. The first kappa shape index (κ1) is 11.9. The standard InChI is InChI=1S/C14H11BrN4/c15-12-6-13(16)14(17-8-12)19-9-11(7-18-19)10-4-2-1-3-5-10/h1-9H,16H2. The molecule has 1 aromatic carbocycles. The summed E-state index contributed by atoms with van der Waals surface area (Å²) in [7, 11) is 0. The van der Waals surface area contributed by atoms with E-state index in [9.17, 15) is 0 Å². The van der Waals surface area contributed by atoms with Crippen molar-refractivity contribution in [3.8, 4) is 16.9 Å². The van der Waals surface area contributed by atoms with Gasteiger partial charge in [-0.15, -0.1) is 0 Å². The van der Waals surface area contributed by atoms with Gasteiger partial charge in [-0.25, -0.2) is 9.67 Å². The number of anilines is 1. The number of hydrogen-bond donors (Lipinski definition) is 1. The molecule has 0 bridgehead atoms. The van der Waals surface area contributed by atoms with Crippen molar-refractivity contribution in [2.24, 2.45) is 0 Å². The number of hydrogen-bond acceptors (Lipinski definition) is 3. The number of rotatable bonds is 2. The van der Waals surface area contributed by atoms with Crippen LogP contribution in [0.4, 0.5) is 5.69 Å². The van der Waals surface area contributed by atoms with Crippen LogP contribution in [0.5, 0.6) is 0 Å². The van der Waals surface area contributed by atoms with Crippen molar-refractivity contribution in [3.63, 3.8) is 0 Å². The molecule has 5 heteroatoms. The highest BCUT2D eigenvalue weighted by Crippen LogP contribution is 2.22. The van der Waals surface area contributed by atoms with Crippen LogP contribution in [0.15, 0.2) is 59.5 Å².